The smallest absolute Gasteiger partial charge is 0.357 e. The SMILES string of the molecule is O=c1c([N+](=O)[O-])c(Nc2ccc(N3CCCC3)nc2)nc2ccccn12. The normalized spacial score (nSPS) is 13.9. The molecule has 0 radical (unpaired) electrons. The van der Waals surface area contributed by atoms with E-state index in [0.29, 0.717) is 11.3 Å². The van der Waals surface area contributed by atoms with Gasteiger partial charge >= 0.3 is 11.2 Å². The van der Waals surface area contributed by atoms with Crippen LogP contribution in [0.15, 0.2) is 47.5 Å². The van der Waals surface area contributed by atoms with Crippen LogP contribution in [0.5, 0.6) is 0 Å². The van der Waals surface area contributed by atoms with Gasteiger partial charge in [-0.3, -0.25) is 19.3 Å². The van der Waals surface area contributed by atoms with Crippen molar-refractivity contribution in [3.63, 3.8) is 0 Å². The number of nitrogens with one attached hydrogen (secondary N) is 1. The molecule has 1 saturated heterocycles. The van der Waals surface area contributed by atoms with Gasteiger partial charge in [-0.05, 0) is 37.1 Å². The Morgan fingerprint density at radius 1 is 1.15 bits per heavy atom. The standard InChI is InChI=1S/C17H16N6O3/c24-17-15(23(25)26)16(20-14-5-1-2-10-22(14)17)19-12-6-7-13(18-11-12)21-8-3-4-9-21/h1-2,5-7,10-11,19H,3-4,8-9H2. The van der Waals surface area contributed by atoms with Gasteiger partial charge in [0, 0.05) is 19.3 Å². The van der Waals surface area contributed by atoms with Crippen LogP contribution in [0, 0.1) is 10.1 Å². The second-order valence-electron chi connectivity index (χ2n) is 6.02. The molecule has 0 amide bonds. The maximum Gasteiger partial charge on any atom is 0.376 e. The van der Waals surface area contributed by atoms with Crippen LogP contribution in [0.2, 0.25) is 0 Å². The van der Waals surface area contributed by atoms with Crippen LogP contribution in [0.4, 0.5) is 23.0 Å². The Morgan fingerprint density at radius 2 is 1.96 bits per heavy atom. The molecule has 4 rings (SSSR count). The Labute approximate surface area is 148 Å². The summed E-state index contributed by atoms with van der Waals surface area (Å²) in [4.78, 5) is 33.9. The number of nitrogens with zero attached hydrogens (tertiary/aromatic N) is 5. The molecule has 1 aliphatic rings. The fourth-order valence-corrected chi connectivity index (χ4v) is 3.06. The van der Waals surface area contributed by atoms with Crippen LogP contribution in [-0.4, -0.2) is 32.4 Å². The lowest BCUT2D eigenvalue weighted by Crippen LogP contribution is -2.20. The third kappa shape index (κ3) is 2.83. The molecule has 0 unspecified atom stereocenters. The molecule has 9 nitrogen and oxygen atoms in total. The van der Waals surface area contributed by atoms with Crippen LogP contribution < -0.4 is 15.8 Å². The van der Waals surface area contributed by atoms with Gasteiger partial charge in [0.25, 0.3) is 0 Å². The van der Waals surface area contributed by atoms with Crippen molar-refractivity contribution in [3.05, 3.63) is 63.2 Å². The highest BCUT2D eigenvalue weighted by molar-refractivity contribution is 5.67. The number of rotatable bonds is 4. The zero-order valence-corrected chi connectivity index (χ0v) is 13.8. The van der Waals surface area contributed by atoms with E-state index in [2.05, 4.69) is 20.2 Å². The molecule has 0 atom stereocenters. The number of nitro groups is 1. The summed E-state index contributed by atoms with van der Waals surface area (Å²) in [5.74, 6) is 0.774. The van der Waals surface area contributed by atoms with E-state index in [0.717, 1.165) is 36.1 Å². The molecule has 132 valence electrons. The Bertz CT molecular complexity index is 1020. The van der Waals surface area contributed by atoms with Crippen LogP contribution in [-0.2, 0) is 0 Å². The van der Waals surface area contributed by atoms with Gasteiger partial charge in [0.15, 0.2) is 0 Å². The summed E-state index contributed by atoms with van der Waals surface area (Å²) in [6.45, 7) is 1.96. The summed E-state index contributed by atoms with van der Waals surface area (Å²) in [5, 5.41) is 14.3. The fourth-order valence-electron chi connectivity index (χ4n) is 3.06. The molecule has 1 aliphatic heterocycles. The minimum atomic E-state index is -0.732. The van der Waals surface area contributed by atoms with Crippen LogP contribution in [0.1, 0.15) is 12.8 Å². The van der Waals surface area contributed by atoms with E-state index in [1.807, 2.05) is 6.07 Å². The molecule has 0 spiro atoms. The van der Waals surface area contributed by atoms with Gasteiger partial charge in [0.2, 0.25) is 5.82 Å². The zero-order valence-electron chi connectivity index (χ0n) is 13.8. The van der Waals surface area contributed by atoms with E-state index in [1.165, 1.54) is 6.20 Å². The van der Waals surface area contributed by atoms with Crippen molar-refractivity contribution in [1.29, 1.82) is 0 Å². The summed E-state index contributed by atoms with van der Waals surface area (Å²) in [5.41, 5.74) is -0.475. The van der Waals surface area contributed by atoms with E-state index < -0.39 is 16.2 Å². The molecule has 1 fully saturated rings. The average molecular weight is 352 g/mol. The third-order valence-corrected chi connectivity index (χ3v) is 4.33. The summed E-state index contributed by atoms with van der Waals surface area (Å²) >= 11 is 0. The molecule has 9 heteroatoms. The van der Waals surface area contributed by atoms with Gasteiger partial charge in [0.1, 0.15) is 11.5 Å². The summed E-state index contributed by atoms with van der Waals surface area (Å²) in [6.07, 6.45) is 5.34. The highest BCUT2D eigenvalue weighted by Crippen LogP contribution is 2.24. The lowest BCUT2D eigenvalue weighted by Gasteiger charge is -2.16. The molecule has 0 saturated carbocycles. The number of aromatic nitrogens is 3. The summed E-state index contributed by atoms with van der Waals surface area (Å²) < 4.78 is 1.15. The second-order valence-corrected chi connectivity index (χ2v) is 6.02. The van der Waals surface area contributed by atoms with Crippen LogP contribution in [0.25, 0.3) is 5.65 Å². The van der Waals surface area contributed by atoms with Crippen molar-refractivity contribution < 1.29 is 4.92 Å². The first-order chi connectivity index (χ1) is 12.6. The molecule has 26 heavy (non-hydrogen) atoms. The Morgan fingerprint density at radius 3 is 2.65 bits per heavy atom. The average Bonchev–Trinajstić information content (AvgIpc) is 3.17. The highest BCUT2D eigenvalue weighted by Gasteiger charge is 2.23. The number of anilines is 3. The van der Waals surface area contributed by atoms with E-state index in [4.69, 9.17) is 0 Å². The Hall–Kier alpha value is -3.49. The van der Waals surface area contributed by atoms with E-state index in [-0.39, 0.29) is 5.82 Å². The van der Waals surface area contributed by atoms with Gasteiger partial charge < -0.3 is 10.2 Å². The maximum absolute atomic E-state index is 12.4. The number of pyridine rings is 2. The van der Waals surface area contributed by atoms with E-state index in [9.17, 15) is 14.9 Å². The number of hydrogen-bond acceptors (Lipinski definition) is 7. The fraction of sp³-hybridized carbons (Fsp3) is 0.235. The minimum Gasteiger partial charge on any atom is -0.357 e. The molecule has 0 aliphatic carbocycles. The number of fused-ring (bicyclic) bond motifs is 1. The Balaban J connectivity index is 1.71. The lowest BCUT2D eigenvalue weighted by atomic mass is 10.3. The molecule has 4 heterocycles. The van der Waals surface area contributed by atoms with E-state index >= 15 is 0 Å². The van der Waals surface area contributed by atoms with Crippen molar-refractivity contribution in [3.8, 4) is 0 Å². The van der Waals surface area contributed by atoms with E-state index in [1.54, 1.807) is 30.5 Å². The zero-order chi connectivity index (χ0) is 18.1. The van der Waals surface area contributed by atoms with Crippen molar-refractivity contribution in [1.82, 2.24) is 14.4 Å². The molecule has 1 N–H and O–H groups in total. The first kappa shape index (κ1) is 16.0. The van der Waals surface area contributed by atoms with Crippen LogP contribution in [0.3, 0.4) is 0 Å². The molecular formula is C17H16N6O3. The number of hydrogen-bond donors (Lipinski definition) is 1. The predicted molar refractivity (Wildman–Crippen MR) is 97.1 cm³/mol. The van der Waals surface area contributed by atoms with Gasteiger partial charge in [-0.15, -0.1) is 0 Å². The first-order valence-electron chi connectivity index (χ1n) is 8.27. The lowest BCUT2D eigenvalue weighted by molar-refractivity contribution is -0.385. The van der Waals surface area contributed by atoms with Gasteiger partial charge in [-0.25, -0.2) is 9.97 Å². The van der Waals surface area contributed by atoms with Gasteiger partial charge in [-0.2, -0.15) is 0 Å². The van der Waals surface area contributed by atoms with Gasteiger partial charge in [0.05, 0.1) is 16.8 Å². The van der Waals surface area contributed by atoms with Crippen molar-refractivity contribution in [2.75, 3.05) is 23.3 Å². The van der Waals surface area contributed by atoms with Crippen molar-refractivity contribution in [2.24, 2.45) is 0 Å². The topological polar surface area (TPSA) is 106 Å². The quantitative estimate of drug-likeness (QED) is 0.567. The monoisotopic (exact) mass is 352 g/mol. The summed E-state index contributed by atoms with van der Waals surface area (Å²) in [6, 6.07) is 8.58. The molecule has 0 bridgehead atoms. The highest BCUT2D eigenvalue weighted by atomic mass is 16.6. The molecule has 3 aromatic heterocycles. The van der Waals surface area contributed by atoms with Gasteiger partial charge in [-0.1, -0.05) is 6.07 Å². The van der Waals surface area contributed by atoms with Crippen LogP contribution >= 0.6 is 0 Å². The van der Waals surface area contributed by atoms with Crippen molar-refractivity contribution >= 4 is 28.7 Å². The molecule has 0 aromatic carbocycles. The molecule has 3 aromatic rings. The Kier molecular flexibility index (Phi) is 3.96. The first-order valence-corrected chi connectivity index (χ1v) is 8.27. The largest absolute Gasteiger partial charge is 0.376 e. The second kappa shape index (κ2) is 6.43. The third-order valence-electron chi connectivity index (χ3n) is 4.33. The maximum atomic E-state index is 12.4. The summed E-state index contributed by atoms with van der Waals surface area (Å²) in [7, 11) is 0. The molecular weight excluding hydrogens is 336 g/mol. The predicted octanol–water partition coefficient (Wildman–Crippen LogP) is 2.34. The minimum absolute atomic E-state index is 0.0954. The van der Waals surface area contributed by atoms with Crippen molar-refractivity contribution in [2.45, 2.75) is 12.8 Å².